The number of hydrogen-bond donors (Lipinski definition) is 2. The van der Waals surface area contributed by atoms with Crippen molar-refractivity contribution >= 4 is 0 Å². The lowest BCUT2D eigenvalue weighted by Crippen LogP contribution is -2.36. The van der Waals surface area contributed by atoms with Crippen LogP contribution in [0.2, 0.25) is 0 Å². The highest BCUT2D eigenvalue weighted by atomic mass is 16.3. The molecule has 0 aromatic heterocycles. The van der Waals surface area contributed by atoms with Crippen LogP contribution in [0.4, 0.5) is 0 Å². The van der Waals surface area contributed by atoms with Crippen LogP contribution in [0.1, 0.15) is 85.5 Å². The maximum Gasteiger partial charge on any atom is 0.0569 e. The number of unbranched alkanes of at least 4 members (excludes halogenated alkanes) is 4. The highest BCUT2D eigenvalue weighted by Crippen LogP contribution is 2.39. The predicted octanol–water partition coefficient (Wildman–Crippen LogP) is 4.29. The SMILES string of the molecule is CCCCCC(CCCCC)(CC(C)O)C(C)O. The molecule has 2 atom stereocenters. The minimum absolute atomic E-state index is 0.0709. The van der Waals surface area contributed by atoms with Crippen LogP contribution < -0.4 is 0 Å². The van der Waals surface area contributed by atoms with Gasteiger partial charge in [0.2, 0.25) is 0 Å². The lowest BCUT2D eigenvalue weighted by atomic mass is 9.70. The summed E-state index contributed by atoms with van der Waals surface area (Å²) in [6, 6.07) is 0. The largest absolute Gasteiger partial charge is 0.393 e. The van der Waals surface area contributed by atoms with Gasteiger partial charge in [-0.1, -0.05) is 52.4 Å². The van der Waals surface area contributed by atoms with Crippen LogP contribution in [0.3, 0.4) is 0 Å². The Morgan fingerprint density at radius 2 is 1.28 bits per heavy atom. The summed E-state index contributed by atoms with van der Waals surface area (Å²) in [5.74, 6) is 0. The minimum atomic E-state index is -0.319. The molecule has 0 saturated heterocycles. The van der Waals surface area contributed by atoms with Crippen LogP contribution in [0.15, 0.2) is 0 Å². The Kier molecular flexibility index (Phi) is 9.76. The van der Waals surface area contributed by atoms with E-state index in [1.54, 1.807) is 0 Å². The summed E-state index contributed by atoms with van der Waals surface area (Å²) in [6.45, 7) is 8.16. The number of hydrogen-bond acceptors (Lipinski definition) is 2. The van der Waals surface area contributed by atoms with Crippen molar-refractivity contribution in [1.29, 1.82) is 0 Å². The predicted molar refractivity (Wildman–Crippen MR) is 78.7 cm³/mol. The molecule has 0 bridgehead atoms. The molecule has 0 amide bonds. The molecule has 0 spiro atoms. The molecule has 0 rings (SSSR count). The smallest absolute Gasteiger partial charge is 0.0569 e. The van der Waals surface area contributed by atoms with E-state index in [9.17, 15) is 10.2 Å². The highest BCUT2D eigenvalue weighted by molar-refractivity contribution is 4.86. The van der Waals surface area contributed by atoms with Crippen molar-refractivity contribution in [1.82, 2.24) is 0 Å². The molecule has 2 heteroatoms. The fourth-order valence-electron chi connectivity index (χ4n) is 2.96. The zero-order valence-corrected chi connectivity index (χ0v) is 12.9. The molecule has 0 aromatic carbocycles. The summed E-state index contributed by atoms with van der Waals surface area (Å²) < 4.78 is 0. The fraction of sp³-hybridized carbons (Fsp3) is 1.00. The molecular formula is C16H34O2. The zero-order valence-electron chi connectivity index (χ0n) is 12.9. The molecule has 110 valence electrons. The van der Waals surface area contributed by atoms with Gasteiger partial charge in [0.25, 0.3) is 0 Å². The standard InChI is InChI=1S/C16H34O2/c1-5-7-9-11-16(15(4)18,13-14(3)17)12-10-8-6-2/h14-15,17-18H,5-13H2,1-4H3. The molecule has 0 aliphatic carbocycles. The summed E-state index contributed by atoms with van der Waals surface area (Å²) in [7, 11) is 0. The summed E-state index contributed by atoms with van der Waals surface area (Å²) in [6.07, 6.45) is 9.39. The van der Waals surface area contributed by atoms with Gasteiger partial charge in [0.05, 0.1) is 12.2 Å². The molecule has 0 saturated carbocycles. The average molecular weight is 258 g/mol. The first kappa shape index (κ1) is 17.9. The Morgan fingerprint density at radius 3 is 1.56 bits per heavy atom. The van der Waals surface area contributed by atoms with E-state index in [0.29, 0.717) is 0 Å². The second kappa shape index (κ2) is 9.80. The van der Waals surface area contributed by atoms with E-state index in [-0.39, 0.29) is 17.6 Å². The van der Waals surface area contributed by atoms with Gasteiger partial charge < -0.3 is 10.2 Å². The summed E-state index contributed by atoms with van der Waals surface area (Å²) >= 11 is 0. The second-order valence-electron chi connectivity index (χ2n) is 6.01. The first-order valence-electron chi connectivity index (χ1n) is 7.84. The molecule has 0 aliphatic rings. The van der Waals surface area contributed by atoms with Crippen molar-refractivity contribution in [2.45, 2.75) is 97.7 Å². The maximum atomic E-state index is 10.2. The number of rotatable bonds is 11. The van der Waals surface area contributed by atoms with Gasteiger partial charge in [0.15, 0.2) is 0 Å². The van der Waals surface area contributed by atoms with Crippen molar-refractivity contribution in [2.75, 3.05) is 0 Å². The molecule has 0 fully saturated rings. The van der Waals surface area contributed by atoms with E-state index in [1.165, 1.54) is 38.5 Å². The first-order chi connectivity index (χ1) is 8.48. The van der Waals surface area contributed by atoms with Crippen LogP contribution in [0.25, 0.3) is 0 Å². The zero-order chi connectivity index (χ0) is 14.0. The fourth-order valence-corrected chi connectivity index (χ4v) is 2.96. The molecular weight excluding hydrogens is 224 g/mol. The third-order valence-corrected chi connectivity index (χ3v) is 4.14. The van der Waals surface area contributed by atoms with E-state index in [2.05, 4.69) is 13.8 Å². The van der Waals surface area contributed by atoms with Gasteiger partial charge in [-0.05, 0) is 38.5 Å². The Labute approximate surface area is 114 Å². The lowest BCUT2D eigenvalue weighted by Gasteiger charge is -2.38. The van der Waals surface area contributed by atoms with Crippen LogP contribution in [-0.4, -0.2) is 22.4 Å². The van der Waals surface area contributed by atoms with Crippen molar-refractivity contribution in [2.24, 2.45) is 5.41 Å². The molecule has 0 heterocycles. The molecule has 0 aliphatic heterocycles. The van der Waals surface area contributed by atoms with Gasteiger partial charge in [-0.2, -0.15) is 0 Å². The van der Waals surface area contributed by atoms with Gasteiger partial charge in [-0.15, -0.1) is 0 Å². The summed E-state index contributed by atoms with van der Waals surface area (Å²) in [5.41, 5.74) is -0.0709. The van der Waals surface area contributed by atoms with Crippen LogP contribution in [-0.2, 0) is 0 Å². The maximum absolute atomic E-state index is 10.2. The summed E-state index contributed by atoms with van der Waals surface area (Å²) in [5, 5.41) is 19.9. The topological polar surface area (TPSA) is 40.5 Å². The van der Waals surface area contributed by atoms with Crippen molar-refractivity contribution in [3.05, 3.63) is 0 Å². The Balaban J connectivity index is 4.56. The third kappa shape index (κ3) is 6.75. The van der Waals surface area contributed by atoms with Crippen molar-refractivity contribution in [3.8, 4) is 0 Å². The Morgan fingerprint density at radius 1 is 0.833 bits per heavy atom. The van der Waals surface area contributed by atoms with E-state index in [1.807, 2.05) is 13.8 Å². The van der Waals surface area contributed by atoms with Crippen LogP contribution in [0, 0.1) is 5.41 Å². The van der Waals surface area contributed by atoms with E-state index >= 15 is 0 Å². The molecule has 0 radical (unpaired) electrons. The van der Waals surface area contributed by atoms with Gasteiger partial charge >= 0.3 is 0 Å². The van der Waals surface area contributed by atoms with E-state index in [4.69, 9.17) is 0 Å². The second-order valence-corrected chi connectivity index (χ2v) is 6.01. The molecule has 0 aromatic rings. The minimum Gasteiger partial charge on any atom is -0.393 e. The lowest BCUT2D eigenvalue weighted by molar-refractivity contribution is -0.0159. The first-order valence-corrected chi connectivity index (χ1v) is 7.84. The molecule has 2 N–H and O–H groups in total. The van der Waals surface area contributed by atoms with E-state index < -0.39 is 0 Å². The quantitative estimate of drug-likeness (QED) is 0.543. The average Bonchev–Trinajstić information content (AvgIpc) is 2.28. The van der Waals surface area contributed by atoms with Crippen LogP contribution in [0.5, 0.6) is 0 Å². The number of aliphatic hydroxyl groups is 2. The molecule has 2 unspecified atom stereocenters. The molecule has 18 heavy (non-hydrogen) atoms. The van der Waals surface area contributed by atoms with Gasteiger partial charge in [-0.25, -0.2) is 0 Å². The molecule has 2 nitrogen and oxygen atoms in total. The van der Waals surface area contributed by atoms with E-state index in [0.717, 1.165) is 19.3 Å². The monoisotopic (exact) mass is 258 g/mol. The normalized spacial score (nSPS) is 15.7. The van der Waals surface area contributed by atoms with Crippen LogP contribution >= 0.6 is 0 Å². The number of aliphatic hydroxyl groups excluding tert-OH is 2. The summed E-state index contributed by atoms with van der Waals surface area (Å²) in [4.78, 5) is 0. The van der Waals surface area contributed by atoms with Crippen molar-refractivity contribution < 1.29 is 10.2 Å². The van der Waals surface area contributed by atoms with Gasteiger partial charge in [0.1, 0.15) is 0 Å². The van der Waals surface area contributed by atoms with Gasteiger partial charge in [-0.3, -0.25) is 0 Å². The Hall–Kier alpha value is -0.0800. The van der Waals surface area contributed by atoms with Gasteiger partial charge in [0, 0.05) is 0 Å². The Bertz CT molecular complexity index is 178. The highest BCUT2D eigenvalue weighted by Gasteiger charge is 2.35. The van der Waals surface area contributed by atoms with Crippen molar-refractivity contribution in [3.63, 3.8) is 0 Å². The third-order valence-electron chi connectivity index (χ3n) is 4.14.